The van der Waals surface area contributed by atoms with Gasteiger partial charge in [0.2, 0.25) is 10.0 Å². The van der Waals surface area contributed by atoms with E-state index in [0.717, 1.165) is 9.75 Å². The van der Waals surface area contributed by atoms with Crippen LogP contribution >= 0.6 is 11.3 Å². The third-order valence-corrected chi connectivity index (χ3v) is 5.95. The van der Waals surface area contributed by atoms with Gasteiger partial charge in [0, 0.05) is 29.1 Å². The third kappa shape index (κ3) is 5.27. The molecule has 0 aliphatic rings. The summed E-state index contributed by atoms with van der Waals surface area (Å²) < 4.78 is 37.2. The van der Waals surface area contributed by atoms with E-state index < -0.39 is 16.1 Å². The van der Waals surface area contributed by atoms with Crippen LogP contribution < -0.4 is 10.0 Å². The molecule has 9 heteroatoms. The molecule has 1 aromatic heterocycles. The predicted molar refractivity (Wildman–Crippen MR) is 96.5 cm³/mol. The van der Waals surface area contributed by atoms with Crippen LogP contribution in [0.4, 0.5) is 10.5 Å². The first-order chi connectivity index (χ1) is 11.9. The lowest BCUT2D eigenvalue weighted by molar-refractivity contribution is 0.110. The van der Waals surface area contributed by atoms with Crippen molar-refractivity contribution in [3.63, 3.8) is 0 Å². The summed E-state index contributed by atoms with van der Waals surface area (Å²) in [5.41, 5.74) is 0.439. The van der Waals surface area contributed by atoms with Crippen LogP contribution in [-0.4, -0.2) is 35.3 Å². The number of benzene rings is 1. The third-order valence-electron chi connectivity index (χ3n) is 3.42. The molecule has 2 aromatic rings. The van der Waals surface area contributed by atoms with Gasteiger partial charge in [0.1, 0.15) is 6.10 Å². The average Bonchev–Trinajstić information content (AvgIpc) is 3.02. The van der Waals surface area contributed by atoms with Crippen molar-refractivity contribution in [1.29, 1.82) is 0 Å². The van der Waals surface area contributed by atoms with Crippen molar-refractivity contribution in [2.75, 3.05) is 26.1 Å². The lowest BCUT2D eigenvalue weighted by Gasteiger charge is -2.15. The van der Waals surface area contributed by atoms with E-state index in [0.29, 0.717) is 5.69 Å². The van der Waals surface area contributed by atoms with Crippen molar-refractivity contribution in [2.45, 2.75) is 17.9 Å². The van der Waals surface area contributed by atoms with E-state index >= 15 is 0 Å². The molecule has 0 spiro atoms. The molecule has 1 heterocycles. The standard InChI is InChI=1S/C16H20N2O5S2/c1-11-4-9-15(24-11)14(22-2)10-17-25(20,21)13-7-5-12(6-8-13)18-16(19)23-3/h4-9,14,17H,10H2,1-3H3,(H,18,19). The summed E-state index contributed by atoms with van der Waals surface area (Å²) in [5.74, 6) is 0. The first-order valence-corrected chi connectivity index (χ1v) is 9.69. The van der Waals surface area contributed by atoms with E-state index in [9.17, 15) is 13.2 Å². The van der Waals surface area contributed by atoms with Crippen LogP contribution in [0.5, 0.6) is 0 Å². The second-order valence-corrected chi connectivity index (χ2v) is 8.25. The summed E-state index contributed by atoms with van der Waals surface area (Å²) in [6, 6.07) is 9.68. The van der Waals surface area contributed by atoms with Gasteiger partial charge in [-0.3, -0.25) is 5.32 Å². The van der Waals surface area contributed by atoms with Gasteiger partial charge < -0.3 is 9.47 Å². The maximum Gasteiger partial charge on any atom is 0.411 e. The Morgan fingerprint density at radius 2 is 1.84 bits per heavy atom. The zero-order chi connectivity index (χ0) is 18.4. The van der Waals surface area contributed by atoms with E-state index in [-0.39, 0.29) is 17.5 Å². The minimum absolute atomic E-state index is 0.0973. The molecule has 0 aliphatic carbocycles. The van der Waals surface area contributed by atoms with Crippen molar-refractivity contribution in [2.24, 2.45) is 0 Å². The highest BCUT2D eigenvalue weighted by molar-refractivity contribution is 7.89. The number of amides is 1. The molecule has 2 rings (SSSR count). The number of anilines is 1. The number of methoxy groups -OCH3 is 2. The topological polar surface area (TPSA) is 93.7 Å². The number of hydrogen-bond donors (Lipinski definition) is 2. The Hall–Kier alpha value is -1.94. The molecule has 1 aromatic carbocycles. The molecule has 1 unspecified atom stereocenters. The Morgan fingerprint density at radius 1 is 1.16 bits per heavy atom. The Morgan fingerprint density at radius 3 is 2.36 bits per heavy atom. The zero-order valence-electron chi connectivity index (χ0n) is 14.1. The van der Waals surface area contributed by atoms with Gasteiger partial charge in [0.05, 0.1) is 12.0 Å². The molecule has 0 radical (unpaired) electrons. The summed E-state index contributed by atoms with van der Waals surface area (Å²) >= 11 is 1.56. The van der Waals surface area contributed by atoms with E-state index in [1.807, 2.05) is 19.1 Å². The molecule has 0 fully saturated rings. The molecule has 7 nitrogen and oxygen atoms in total. The van der Waals surface area contributed by atoms with Gasteiger partial charge in [-0.05, 0) is 43.3 Å². The SMILES string of the molecule is COC(=O)Nc1ccc(S(=O)(=O)NCC(OC)c2ccc(C)s2)cc1. The molecular formula is C16H20N2O5S2. The largest absolute Gasteiger partial charge is 0.453 e. The summed E-state index contributed by atoms with van der Waals surface area (Å²) in [6.07, 6.45) is -0.975. The normalized spacial score (nSPS) is 12.6. The fourth-order valence-electron chi connectivity index (χ4n) is 2.08. The second kappa shape index (κ2) is 8.43. The molecule has 25 heavy (non-hydrogen) atoms. The number of carbonyl (C=O) groups excluding carboxylic acids is 1. The average molecular weight is 384 g/mol. The molecule has 0 saturated heterocycles. The van der Waals surface area contributed by atoms with Gasteiger partial charge in [-0.25, -0.2) is 17.9 Å². The monoisotopic (exact) mass is 384 g/mol. The molecule has 1 atom stereocenters. The summed E-state index contributed by atoms with van der Waals surface area (Å²) in [5, 5.41) is 2.46. The minimum atomic E-state index is -3.69. The molecule has 0 bridgehead atoms. The van der Waals surface area contributed by atoms with Gasteiger partial charge in [0.25, 0.3) is 0 Å². The maximum atomic E-state index is 12.4. The van der Waals surface area contributed by atoms with Crippen LogP contribution in [0, 0.1) is 6.92 Å². The van der Waals surface area contributed by atoms with Crippen LogP contribution in [0.25, 0.3) is 0 Å². The fraction of sp³-hybridized carbons (Fsp3) is 0.312. The Bertz CT molecular complexity index is 815. The highest BCUT2D eigenvalue weighted by atomic mass is 32.2. The minimum Gasteiger partial charge on any atom is -0.453 e. The first-order valence-electron chi connectivity index (χ1n) is 7.39. The number of rotatable bonds is 7. The Labute approximate surface area is 151 Å². The Balaban J connectivity index is 2.04. The lowest BCUT2D eigenvalue weighted by atomic mass is 10.3. The fourth-order valence-corrected chi connectivity index (χ4v) is 4.07. The highest BCUT2D eigenvalue weighted by Gasteiger charge is 2.19. The number of ether oxygens (including phenoxy) is 2. The summed E-state index contributed by atoms with van der Waals surface area (Å²) in [6.45, 7) is 2.11. The van der Waals surface area contributed by atoms with Crippen LogP contribution in [0.1, 0.15) is 15.9 Å². The van der Waals surface area contributed by atoms with Crippen LogP contribution in [-0.2, 0) is 19.5 Å². The maximum absolute atomic E-state index is 12.4. The van der Waals surface area contributed by atoms with E-state index in [4.69, 9.17) is 4.74 Å². The highest BCUT2D eigenvalue weighted by Crippen LogP contribution is 2.25. The molecule has 0 aliphatic heterocycles. The smallest absolute Gasteiger partial charge is 0.411 e. The van der Waals surface area contributed by atoms with Crippen LogP contribution in [0.15, 0.2) is 41.3 Å². The van der Waals surface area contributed by atoms with Gasteiger partial charge in [-0.1, -0.05) is 0 Å². The molecular weight excluding hydrogens is 364 g/mol. The number of nitrogens with one attached hydrogen (secondary N) is 2. The van der Waals surface area contributed by atoms with E-state index in [2.05, 4.69) is 14.8 Å². The van der Waals surface area contributed by atoms with Crippen molar-refractivity contribution in [1.82, 2.24) is 4.72 Å². The molecule has 2 N–H and O–H groups in total. The van der Waals surface area contributed by atoms with Gasteiger partial charge in [-0.2, -0.15) is 0 Å². The Kier molecular flexibility index (Phi) is 6.54. The summed E-state index contributed by atoms with van der Waals surface area (Å²) in [7, 11) is -0.894. The number of sulfonamides is 1. The van der Waals surface area contributed by atoms with Crippen LogP contribution in [0.3, 0.4) is 0 Å². The van der Waals surface area contributed by atoms with E-state index in [1.54, 1.807) is 18.4 Å². The molecule has 1 amide bonds. The number of hydrogen-bond acceptors (Lipinski definition) is 6. The molecule has 0 saturated carbocycles. The van der Waals surface area contributed by atoms with Gasteiger partial charge in [-0.15, -0.1) is 11.3 Å². The predicted octanol–water partition coefficient (Wildman–Crippen LogP) is 2.90. The van der Waals surface area contributed by atoms with Crippen molar-refractivity contribution in [3.8, 4) is 0 Å². The number of thiophene rings is 1. The first kappa shape index (κ1) is 19.4. The van der Waals surface area contributed by atoms with Gasteiger partial charge >= 0.3 is 6.09 Å². The van der Waals surface area contributed by atoms with E-state index in [1.165, 1.54) is 31.4 Å². The van der Waals surface area contributed by atoms with Gasteiger partial charge in [0.15, 0.2) is 0 Å². The molecule has 136 valence electrons. The quantitative estimate of drug-likeness (QED) is 0.765. The lowest BCUT2D eigenvalue weighted by Crippen LogP contribution is -2.29. The van der Waals surface area contributed by atoms with Crippen molar-refractivity contribution >= 4 is 33.1 Å². The van der Waals surface area contributed by atoms with Crippen molar-refractivity contribution in [3.05, 3.63) is 46.2 Å². The number of carbonyl (C=O) groups is 1. The zero-order valence-corrected chi connectivity index (χ0v) is 15.7. The number of aryl methyl sites for hydroxylation is 1. The summed E-state index contributed by atoms with van der Waals surface area (Å²) in [4.78, 5) is 13.3. The van der Waals surface area contributed by atoms with Crippen molar-refractivity contribution < 1.29 is 22.7 Å². The second-order valence-electron chi connectivity index (χ2n) is 5.17. The van der Waals surface area contributed by atoms with Crippen LogP contribution in [0.2, 0.25) is 0 Å².